The number of thiazole rings is 1. The fourth-order valence-electron chi connectivity index (χ4n) is 4.29. The third-order valence-electron chi connectivity index (χ3n) is 5.76. The Labute approximate surface area is 164 Å². The fourth-order valence-corrected chi connectivity index (χ4v) is 5.17. The van der Waals surface area contributed by atoms with Crippen molar-refractivity contribution in [3.63, 3.8) is 0 Å². The molecule has 0 radical (unpaired) electrons. The van der Waals surface area contributed by atoms with E-state index in [9.17, 15) is 4.79 Å². The SMILES string of the molecule is Cc1nc(C)c(C(=O)N(Cc2cc3ccccc3n2C)C2CCCCC2)s1. The molecule has 2 aromatic heterocycles. The first kappa shape index (κ1) is 18.2. The predicted molar refractivity (Wildman–Crippen MR) is 111 cm³/mol. The van der Waals surface area contributed by atoms with Gasteiger partial charge in [-0.15, -0.1) is 11.3 Å². The van der Waals surface area contributed by atoms with Gasteiger partial charge in [0.25, 0.3) is 5.91 Å². The summed E-state index contributed by atoms with van der Waals surface area (Å²) in [5.41, 5.74) is 3.27. The summed E-state index contributed by atoms with van der Waals surface area (Å²) in [5.74, 6) is 0.148. The molecule has 1 amide bonds. The van der Waals surface area contributed by atoms with Crippen LogP contribution in [0.5, 0.6) is 0 Å². The van der Waals surface area contributed by atoms with Crippen LogP contribution in [0.3, 0.4) is 0 Å². The Bertz CT molecular complexity index is 965. The summed E-state index contributed by atoms with van der Waals surface area (Å²) in [6, 6.07) is 11.0. The predicted octanol–water partition coefficient (Wildman–Crippen LogP) is 5.23. The number of rotatable bonds is 4. The molecule has 1 aliphatic rings. The Morgan fingerprint density at radius 3 is 2.63 bits per heavy atom. The van der Waals surface area contributed by atoms with Crippen molar-refractivity contribution in [2.75, 3.05) is 0 Å². The number of carbonyl (C=O) groups excluding carboxylic acids is 1. The molecule has 1 fully saturated rings. The molecule has 0 N–H and O–H groups in total. The lowest BCUT2D eigenvalue weighted by atomic mass is 9.94. The van der Waals surface area contributed by atoms with Gasteiger partial charge in [0.1, 0.15) is 4.88 Å². The minimum atomic E-state index is 0.148. The maximum absolute atomic E-state index is 13.5. The van der Waals surface area contributed by atoms with Crippen LogP contribution in [0.4, 0.5) is 0 Å². The molecule has 4 rings (SSSR count). The molecule has 1 saturated carbocycles. The smallest absolute Gasteiger partial charge is 0.266 e. The molecule has 0 unspecified atom stereocenters. The number of nitrogens with zero attached hydrogens (tertiary/aromatic N) is 3. The number of amides is 1. The van der Waals surface area contributed by atoms with E-state index in [-0.39, 0.29) is 5.91 Å². The van der Waals surface area contributed by atoms with E-state index < -0.39 is 0 Å². The number of para-hydroxylation sites is 1. The van der Waals surface area contributed by atoms with Crippen LogP contribution in [-0.2, 0) is 13.6 Å². The standard InChI is InChI=1S/C22H27N3OS/c1-15-21(27-16(2)23-15)22(26)25(18-10-5-4-6-11-18)14-19-13-17-9-7-8-12-20(17)24(19)3/h7-9,12-13,18H,4-6,10-11,14H2,1-3H3. The van der Waals surface area contributed by atoms with Crippen LogP contribution in [0.2, 0.25) is 0 Å². The first-order valence-electron chi connectivity index (χ1n) is 9.83. The first-order valence-corrected chi connectivity index (χ1v) is 10.6. The van der Waals surface area contributed by atoms with Gasteiger partial charge in [-0.25, -0.2) is 4.98 Å². The Kier molecular flexibility index (Phi) is 5.04. The lowest BCUT2D eigenvalue weighted by molar-refractivity contribution is 0.0613. The maximum Gasteiger partial charge on any atom is 0.266 e. The summed E-state index contributed by atoms with van der Waals surface area (Å²) in [4.78, 5) is 20.9. The minimum Gasteiger partial charge on any atom is -0.346 e. The summed E-state index contributed by atoms with van der Waals surface area (Å²) in [7, 11) is 2.10. The molecule has 3 aromatic rings. The highest BCUT2D eigenvalue weighted by Crippen LogP contribution is 2.29. The quantitative estimate of drug-likeness (QED) is 0.621. The molecule has 5 heteroatoms. The van der Waals surface area contributed by atoms with Gasteiger partial charge in [-0.05, 0) is 44.2 Å². The van der Waals surface area contributed by atoms with Crippen LogP contribution in [0.1, 0.15) is 58.2 Å². The third kappa shape index (κ3) is 3.53. The summed E-state index contributed by atoms with van der Waals surface area (Å²) >= 11 is 1.53. The number of benzene rings is 1. The highest BCUT2D eigenvalue weighted by Gasteiger charge is 2.29. The fraction of sp³-hybridized carbons (Fsp3) is 0.455. The zero-order valence-corrected chi connectivity index (χ0v) is 17.2. The normalized spacial score (nSPS) is 15.4. The lowest BCUT2D eigenvalue weighted by Gasteiger charge is -2.34. The molecule has 2 heterocycles. The molecule has 4 nitrogen and oxygen atoms in total. The molecular weight excluding hydrogens is 354 g/mol. The minimum absolute atomic E-state index is 0.148. The van der Waals surface area contributed by atoms with Crippen LogP contribution in [0.15, 0.2) is 30.3 Å². The van der Waals surface area contributed by atoms with Crippen molar-refractivity contribution in [1.29, 1.82) is 0 Å². The van der Waals surface area contributed by atoms with Gasteiger partial charge >= 0.3 is 0 Å². The Balaban J connectivity index is 1.70. The highest BCUT2D eigenvalue weighted by molar-refractivity contribution is 7.13. The van der Waals surface area contributed by atoms with Gasteiger partial charge in [-0.2, -0.15) is 0 Å². The maximum atomic E-state index is 13.5. The zero-order valence-electron chi connectivity index (χ0n) is 16.4. The number of hydrogen-bond donors (Lipinski definition) is 0. The van der Waals surface area contributed by atoms with Crippen molar-refractivity contribution in [3.05, 3.63) is 51.6 Å². The van der Waals surface area contributed by atoms with Gasteiger partial charge in [0.2, 0.25) is 0 Å². The van der Waals surface area contributed by atoms with E-state index >= 15 is 0 Å². The van der Waals surface area contributed by atoms with Gasteiger partial charge in [0.15, 0.2) is 0 Å². The van der Waals surface area contributed by atoms with Crippen LogP contribution in [-0.4, -0.2) is 26.4 Å². The van der Waals surface area contributed by atoms with Gasteiger partial charge in [-0.3, -0.25) is 4.79 Å². The summed E-state index contributed by atoms with van der Waals surface area (Å²) in [6.45, 7) is 4.58. The molecule has 0 aliphatic heterocycles. The van der Waals surface area contributed by atoms with Crippen molar-refractivity contribution in [2.24, 2.45) is 7.05 Å². The number of hydrogen-bond acceptors (Lipinski definition) is 3. The molecular formula is C22H27N3OS. The Morgan fingerprint density at radius 1 is 1.22 bits per heavy atom. The molecule has 27 heavy (non-hydrogen) atoms. The van der Waals surface area contributed by atoms with E-state index in [2.05, 4.69) is 51.8 Å². The van der Waals surface area contributed by atoms with Crippen LogP contribution in [0, 0.1) is 13.8 Å². The zero-order chi connectivity index (χ0) is 19.0. The number of aryl methyl sites for hydroxylation is 3. The van der Waals surface area contributed by atoms with Crippen molar-refractivity contribution in [1.82, 2.24) is 14.5 Å². The average Bonchev–Trinajstić information content (AvgIpc) is 3.19. The molecule has 0 spiro atoms. The molecule has 142 valence electrons. The van der Waals surface area contributed by atoms with Crippen LogP contribution < -0.4 is 0 Å². The van der Waals surface area contributed by atoms with E-state index in [1.54, 1.807) is 0 Å². The van der Waals surface area contributed by atoms with Crippen molar-refractivity contribution < 1.29 is 4.79 Å². The van der Waals surface area contributed by atoms with E-state index in [0.29, 0.717) is 12.6 Å². The largest absolute Gasteiger partial charge is 0.346 e. The second-order valence-electron chi connectivity index (χ2n) is 7.63. The van der Waals surface area contributed by atoms with Crippen molar-refractivity contribution in [3.8, 4) is 0 Å². The van der Waals surface area contributed by atoms with E-state index in [0.717, 1.165) is 28.4 Å². The molecule has 1 aromatic carbocycles. The number of carbonyl (C=O) groups is 1. The number of fused-ring (bicyclic) bond motifs is 1. The second kappa shape index (κ2) is 7.47. The monoisotopic (exact) mass is 381 g/mol. The number of aromatic nitrogens is 2. The molecule has 1 aliphatic carbocycles. The summed E-state index contributed by atoms with van der Waals surface area (Å²) < 4.78 is 2.23. The van der Waals surface area contributed by atoms with Gasteiger partial charge in [0, 0.05) is 24.3 Å². The van der Waals surface area contributed by atoms with E-state index in [4.69, 9.17) is 0 Å². The Hall–Kier alpha value is -2.14. The van der Waals surface area contributed by atoms with Crippen LogP contribution >= 0.6 is 11.3 Å². The van der Waals surface area contributed by atoms with E-state index in [1.807, 2.05) is 13.8 Å². The van der Waals surface area contributed by atoms with E-state index in [1.165, 1.54) is 47.2 Å². The molecule has 0 saturated heterocycles. The van der Waals surface area contributed by atoms with Crippen molar-refractivity contribution in [2.45, 2.75) is 58.5 Å². The van der Waals surface area contributed by atoms with Gasteiger partial charge < -0.3 is 9.47 Å². The molecule has 0 bridgehead atoms. The lowest BCUT2D eigenvalue weighted by Crippen LogP contribution is -2.41. The highest BCUT2D eigenvalue weighted by atomic mass is 32.1. The van der Waals surface area contributed by atoms with Crippen LogP contribution in [0.25, 0.3) is 10.9 Å². The third-order valence-corrected chi connectivity index (χ3v) is 6.82. The van der Waals surface area contributed by atoms with Gasteiger partial charge in [-0.1, -0.05) is 37.5 Å². The summed E-state index contributed by atoms with van der Waals surface area (Å²) in [5, 5.41) is 2.19. The second-order valence-corrected chi connectivity index (χ2v) is 8.83. The topological polar surface area (TPSA) is 38.1 Å². The van der Waals surface area contributed by atoms with Gasteiger partial charge in [0.05, 0.1) is 17.2 Å². The average molecular weight is 382 g/mol. The first-order chi connectivity index (χ1) is 13.0. The summed E-state index contributed by atoms with van der Waals surface area (Å²) in [6.07, 6.45) is 5.92. The van der Waals surface area contributed by atoms with Crippen molar-refractivity contribution >= 4 is 28.1 Å². The Morgan fingerprint density at radius 2 is 1.96 bits per heavy atom. The molecule has 0 atom stereocenters.